The molecule has 0 atom stereocenters. The van der Waals surface area contributed by atoms with E-state index in [1.165, 1.54) is 137 Å². The van der Waals surface area contributed by atoms with Crippen molar-refractivity contribution in [1.29, 1.82) is 0 Å². The maximum atomic E-state index is 2.75. The average molecular weight is 1060 g/mol. The Balaban J connectivity index is 1.10. The van der Waals surface area contributed by atoms with Crippen molar-refractivity contribution in [3.63, 3.8) is 0 Å². The van der Waals surface area contributed by atoms with Gasteiger partial charge >= 0.3 is 6.85 Å². The highest BCUT2D eigenvalue weighted by Crippen LogP contribution is 2.62. The van der Waals surface area contributed by atoms with Crippen LogP contribution in [0.3, 0.4) is 0 Å². The van der Waals surface area contributed by atoms with Gasteiger partial charge in [0.2, 0.25) is 0 Å². The number of hydrogen-bond acceptors (Lipinski definition) is 3. The van der Waals surface area contributed by atoms with Crippen LogP contribution in [-0.2, 0) is 29.1 Å². The van der Waals surface area contributed by atoms with Crippen LogP contribution in [-0.4, -0.2) is 6.85 Å². The van der Waals surface area contributed by atoms with E-state index < -0.39 is 5.41 Å². The molecule has 3 nitrogen and oxygen atoms in total. The normalized spacial score (nSPS) is 15.4. The van der Waals surface area contributed by atoms with Gasteiger partial charge in [-0.2, -0.15) is 0 Å². The number of para-hydroxylation sites is 2. The molecule has 0 radical (unpaired) electrons. The molecular formula is C78H74BN3. The Morgan fingerprint density at radius 1 is 0.451 bits per heavy atom. The second-order valence-corrected chi connectivity index (χ2v) is 25.2. The third kappa shape index (κ3) is 8.22. The van der Waals surface area contributed by atoms with Gasteiger partial charge in [0.15, 0.2) is 0 Å². The zero-order valence-electron chi connectivity index (χ0n) is 48.9. The molecule has 0 aromatic heterocycles. The second-order valence-electron chi connectivity index (χ2n) is 25.2. The van der Waals surface area contributed by atoms with Crippen molar-refractivity contribution >= 4 is 63.3 Å². The van der Waals surface area contributed by atoms with Crippen LogP contribution in [0.4, 0.5) is 45.5 Å². The number of nitrogens with zero attached hydrogens (tertiary/aromatic N) is 3. The summed E-state index contributed by atoms with van der Waals surface area (Å²) >= 11 is 0. The molecule has 3 heterocycles. The molecule has 10 aromatic rings. The minimum absolute atomic E-state index is 0.0162. The molecule has 14 rings (SSSR count). The summed E-state index contributed by atoms with van der Waals surface area (Å²) in [6, 6.07) is 87.0. The number of unbranched alkanes of at least 4 members (excludes halogenated alkanes) is 2. The molecule has 0 bridgehead atoms. The number of rotatable bonds is 13. The van der Waals surface area contributed by atoms with Gasteiger partial charge in [-0.3, -0.25) is 0 Å². The van der Waals surface area contributed by atoms with Crippen molar-refractivity contribution in [2.24, 2.45) is 0 Å². The quantitative estimate of drug-likeness (QED) is 0.107. The molecule has 4 heteroatoms. The topological polar surface area (TPSA) is 9.72 Å². The maximum absolute atomic E-state index is 2.75. The summed E-state index contributed by atoms with van der Waals surface area (Å²) in [5.41, 5.74) is 28.7. The van der Waals surface area contributed by atoms with E-state index in [0.29, 0.717) is 0 Å². The molecule has 4 aliphatic rings. The lowest BCUT2D eigenvalue weighted by molar-refractivity contribution is 0.331. The van der Waals surface area contributed by atoms with Crippen molar-refractivity contribution in [1.82, 2.24) is 0 Å². The van der Waals surface area contributed by atoms with E-state index in [0.717, 1.165) is 42.7 Å². The predicted molar refractivity (Wildman–Crippen MR) is 349 cm³/mol. The third-order valence-electron chi connectivity index (χ3n) is 19.3. The molecule has 0 fully saturated rings. The molecule has 0 unspecified atom stereocenters. The van der Waals surface area contributed by atoms with Crippen LogP contribution >= 0.6 is 0 Å². The van der Waals surface area contributed by atoms with E-state index in [1.54, 1.807) is 0 Å². The van der Waals surface area contributed by atoms with Gasteiger partial charge in [0.1, 0.15) is 0 Å². The Bertz CT molecular complexity index is 3940. The Labute approximate surface area is 488 Å². The molecule has 10 aromatic carbocycles. The number of aryl methyl sites for hydroxylation is 3. The Morgan fingerprint density at radius 2 is 1.01 bits per heavy atom. The molecule has 0 saturated heterocycles. The molecule has 404 valence electrons. The first kappa shape index (κ1) is 51.8. The second kappa shape index (κ2) is 20.3. The van der Waals surface area contributed by atoms with Gasteiger partial charge in [-0.15, -0.1) is 0 Å². The first-order valence-corrected chi connectivity index (χ1v) is 30.4. The smallest absolute Gasteiger partial charge is 0.333 e. The highest BCUT2D eigenvalue weighted by molar-refractivity contribution is 6.93. The minimum Gasteiger partial charge on any atom is -0.376 e. The van der Waals surface area contributed by atoms with E-state index in [9.17, 15) is 0 Å². The standard InChI is InChI=1S/C78H74BN3/c1-8-10-25-54-36-40-59(41-37-54)80(60-42-38-55(39-43-60)26-11-9-2)62-44-45-71-64(50-62)65-48-56(63-33-22-21-24-53(63)3)49-73-74(65)79(82(71)61-31-19-14-20-32-61)70-35-23-34-66-75(70)81(73)72-52-68-67(76(4,5)46-47-77(68,6)7)51-69(72)78(66,57-27-15-12-16-28-57)58-29-17-13-18-30-58/h12-24,27-45,48-52H,8-11,25-26,46-47H2,1-7H3. The van der Waals surface area contributed by atoms with Gasteiger partial charge in [-0.25, -0.2) is 0 Å². The van der Waals surface area contributed by atoms with E-state index >= 15 is 0 Å². The number of fused-ring (bicyclic) bond motifs is 7. The van der Waals surface area contributed by atoms with Crippen molar-refractivity contribution in [3.05, 3.63) is 275 Å². The van der Waals surface area contributed by atoms with Crippen LogP contribution in [0.15, 0.2) is 224 Å². The van der Waals surface area contributed by atoms with E-state index in [1.807, 2.05) is 0 Å². The molecule has 82 heavy (non-hydrogen) atoms. The van der Waals surface area contributed by atoms with Crippen molar-refractivity contribution < 1.29 is 0 Å². The van der Waals surface area contributed by atoms with Crippen molar-refractivity contribution in [2.45, 2.75) is 116 Å². The summed E-state index contributed by atoms with van der Waals surface area (Å²) < 4.78 is 0. The summed E-state index contributed by atoms with van der Waals surface area (Å²) in [7, 11) is 0. The van der Waals surface area contributed by atoms with Crippen LogP contribution in [0.1, 0.15) is 130 Å². The van der Waals surface area contributed by atoms with Crippen LogP contribution in [0.25, 0.3) is 22.3 Å². The predicted octanol–water partition coefficient (Wildman–Crippen LogP) is 19.6. The highest BCUT2D eigenvalue weighted by Gasteiger charge is 2.54. The summed E-state index contributed by atoms with van der Waals surface area (Å²) in [4.78, 5) is 7.93. The van der Waals surface area contributed by atoms with Gasteiger partial charge in [-0.1, -0.05) is 206 Å². The average Bonchev–Trinajstić information content (AvgIpc) is 3.57. The Morgan fingerprint density at radius 3 is 1.61 bits per heavy atom. The first-order valence-electron chi connectivity index (χ1n) is 30.4. The number of hydrogen-bond donors (Lipinski definition) is 0. The van der Waals surface area contributed by atoms with E-state index in [-0.39, 0.29) is 17.7 Å². The molecule has 1 aliphatic carbocycles. The number of benzene rings is 10. The van der Waals surface area contributed by atoms with E-state index in [2.05, 4.69) is 288 Å². The largest absolute Gasteiger partial charge is 0.376 e. The summed E-state index contributed by atoms with van der Waals surface area (Å²) in [5, 5.41) is 0. The van der Waals surface area contributed by atoms with Crippen LogP contribution in [0, 0.1) is 6.92 Å². The monoisotopic (exact) mass is 1060 g/mol. The first-order chi connectivity index (χ1) is 40.0. The molecule has 0 saturated carbocycles. The van der Waals surface area contributed by atoms with Gasteiger partial charge in [0.05, 0.1) is 11.1 Å². The van der Waals surface area contributed by atoms with Crippen LogP contribution in [0.2, 0.25) is 0 Å². The van der Waals surface area contributed by atoms with Crippen molar-refractivity contribution in [2.75, 3.05) is 14.6 Å². The van der Waals surface area contributed by atoms with Crippen LogP contribution < -0.4 is 25.5 Å². The summed E-state index contributed by atoms with van der Waals surface area (Å²) in [6.07, 6.45) is 9.18. The fourth-order valence-corrected chi connectivity index (χ4v) is 14.8. The lowest BCUT2D eigenvalue weighted by Gasteiger charge is -2.53. The Hall–Kier alpha value is -8.34. The molecular weight excluding hydrogens is 990 g/mol. The van der Waals surface area contributed by atoms with E-state index in [4.69, 9.17) is 0 Å². The summed E-state index contributed by atoms with van der Waals surface area (Å²) in [5.74, 6) is 0. The van der Waals surface area contributed by atoms with Gasteiger partial charge in [0.25, 0.3) is 0 Å². The molecule has 3 aliphatic heterocycles. The van der Waals surface area contributed by atoms with Crippen molar-refractivity contribution in [3.8, 4) is 22.3 Å². The zero-order chi connectivity index (χ0) is 55.9. The van der Waals surface area contributed by atoms with Gasteiger partial charge in [0, 0.05) is 45.4 Å². The maximum Gasteiger partial charge on any atom is 0.333 e. The number of anilines is 8. The van der Waals surface area contributed by atoms with Crippen LogP contribution in [0.5, 0.6) is 0 Å². The lowest BCUT2D eigenvalue weighted by Crippen LogP contribution is -2.62. The SMILES string of the molecule is CCCCc1ccc(N(c2ccc(CCCC)cc2)c2ccc3c(c2)-c2cc(-c4ccccc4C)cc4c2B(c2cccc5c2N4c2cc4c(cc2C5(c2ccccc2)c2ccccc2)C(C)(C)CCC4(C)C)N3c2ccccc2)cc1. The molecule has 0 N–H and O–H groups in total. The molecule has 0 spiro atoms. The summed E-state index contributed by atoms with van der Waals surface area (Å²) in [6.45, 7) is 16.6. The minimum atomic E-state index is -0.648. The van der Waals surface area contributed by atoms with Gasteiger partial charge < -0.3 is 14.6 Å². The fourth-order valence-electron chi connectivity index (χ4n) is 14.8. The van der Waals surface area contributed by atoms with Gasteiger partial charge in [-0.05, 0) is 207 Å². The lowest BCUT2D eigenvalue weighted by atomic mass is 9.42. The molecule has 0 amide bonds. The highest BCUT2D eigenvalue weighted by atomic mass is 15.2. The zero-order valence-corrected chi connectivity index (χ0v) is 48.9. The third-order valence-corrected chi connectivity index (χ3v) is 19.3. The Kier molecular flexibility index (Phi) is 12.8. The fraction of sp³-hybridized carbons (Fsp3) is 0.231.